The van der Waals surface area contributed by atoms with E-state index < -0.39 is 0 Å². The van der Waals surface area contributed by atoms with Crippen molar-refractivity contribution in [1.29, 1.82) is 0 Å². The molecule has 2 saturated carbocycles. The summed E-state index contributed by atoms with van der Waals surface area (Å²) < 4.78 is 0. The normalized spacial score (nSPS) is 28.1. The Kier molecular flexibility index (Phi) is 4.56. The molecular formula is C19H32O2. The zero-order valence-electron chi connectivity index (χ0n) is 14.3. The first-order valence-corrected chi connectivity index (χ1v) is 8.63. The number of carbonyl (C=O) groups is 1. The molecular weight excluding hydrogens is 260 g/mol. The Morgan fingerprint density at radius 1 is 0.810 bits per heavy atom. The third-order valence-corrected chi connectivity index (χ3v) is 6.15. The van der Waals surface area contributed by atoms with Crippen molar-refractivity contribution < 1.29 is 9.90 Å². The van der Waals surface area contributed by atoms with Gasteiger partial charge in [0, 0.05) is 16.9 Å². The maximum atomic E-state index is 12.6. The highest BCUT2D eigenvalue weighted by atomic mass is 16.3. The standard InChI is InChI=1S/C19H32O2/c1-17(2)10-12-19(4,13-11-17)16(21)14-15(20)18(3)8-6-5-7-9-18/h14,21H,5-13H2,1-4H3/b16-14-. The van der Waals surface area contributed by atoms with Crippen molar-refractivity contribution in [3.8, 4) is 0 Å². The van der Waals surface area contributed by atoms with E-state index in [4.69, 9.17) is 0 Å². The summed E-state index contributed by atoms with van der Waals surface area (Å²) in [6, 6.07) is 0. The summed E-state index contributed by atoms with van der Waals surface area (Å²) >= 11 is 0. The molecule has 0 radical (unpaired) electrons. The lowest BCUT2D eigenvalue weighted by Gasteiger charge is -2.41. The number of aliphatic hydroxyl groups is 1. The average Bonchev–Trinajstić information content (AvgIpc) is 2.43. The van der Waals surface area contributed by atoms with E-state index in [2.05, 4.69) is 27.7 Å². The second-order valence-corrected chi connectivity index (χ2v) is 8.74. The van der Waals surface area contributed by atoms with Crippen molar-refractivity contribution in [2.75, 3.05) is 0 Å². The molecule has 2 aliphatic rings. The maximum absolute atomic E-state index is 12.6. The number of hydrogen-bond donors (Lipinski definition) is 1. The van der Waals surface area contributed by atoms with Crippen LogP contribution in [0.15, 0.2) is 11.8 Å². The topological polar surface area (TPSA) is 37.3 Å². The third-order valence-electron chi connectivity index (χ3n) is 6.15. The lowest BCUT2D eigenvalue weighted by Crippen LogP contribution is -2.33. The lowest BCUT2D eigenvalue weighted by atomic mass is 9.64. The molecule has 21 heavy (non-hydrogen) atoms. The number of hydrogen-bond acceptors (Lipinski definition) is 2. The van der Waals surface area contributed by atoms with Crippen LogP contribution in [0, 0.1) is 16.2 Å². The van der Waals surface area contributed by atoms with Gasteiger partial charge in [0.1, 0.15) is 5.76 Å². The van der Waals surface area contributed by atoms with Crippen molar-refractivity contribution in [2.45, 2.75) is 85.5 Å². The number of aliphatic hydroxyl groups excluding tert-OH is 1. The molecule has 0 aliphatic heterocycles. The summed E-state index contributed by atoms with van der Waals surface area (Å²) in [7, 11) is 0. The van der Waals surface area contributed by atoms with Crippen molar-refractivity contribution in [2.24, 2.45) is 16.2 Å². The van der Waals surface area contributed by atoms with Gasteiger partial charge in [0.15, 0.2) is 5.78 Å². The monoisotopic (exact) mass is 292 g/mol. The van der Waals surface area contributed by atoms with Crippen LogP contribution in [-0.4, -0.2) is 10.9 Å². The molecule has 0 aromatic heterocycles. The molecule has 0 atom stereocenters. The fourth-order valence-electron chi connectivity index (χ4n) is 3.79. The molecule has 0 spiro atoms. The van der Waals surface area contributed by atoms with Gasteiger partial charge in [0.05, 0.1) is 0 Å². The SMILES string of the molecule is CC1(C)CCC(C)(/C(O)=C/C(=O)C2(C)CCCCC2)CC1. The van der Waals surface area contributed by atoms with Crippen molar-refractivity contribution in [3.05, 3.63) is 11.8 Å². The van der Waals surface area contributed by atoms with Gasteiger partial charge in [-0.15, -0.1) is 0 Å². The first-order chi connectivity index (χ1) is 9.67. The number of ketones is 1. The van der Waals surface area contributed by atoms with Crippen LogP contribution < -0.4 is 0 Å². The maximum Gasteiger partial charge on any atom is 0.164 e. The Balaban J connectivity index is 2.08. The zero-order valence-corrected chi connectivity index (χ0v) is 14.3. The van der Waals surface area contributed by atoms with E-state index in [0.717, 1.165) is 51.4 Å². The molecule has 0 bridgehead atoms. The Morgan fingerprint density at radius 2 is 1.33 bits per heavy atom. The van der Waals surface area contributed by atoms with Crippen LogP contribution in [0.4, 0.5) is 0 Å². The van der Waals surface area contributed by atoms with E-state index in [0.29, 0.717) is 11.2 Å². The number of allylic oxidation sites excluding steroid dienone is 2. The quantitative estimate of drug-likeness (QED) is 0.545. The average molecular weight is 292 g/mol. The van der Waals surface area contributed by atoms with Crippen LogP contribution in [0.1, 0.15) is 85.5 Å². The Bertz CT molecular complexity index is 415. The van der Waals surface area contributed by atoms with Gasteiger partial charge in [0.25, 0.3) is 0 Å². The van der Waals surface area contributed by atoms with Gasteiger partial charge < -0.3 is 5.11 Å². The van der Waals surface area contributed by atoms with Gasteiger partial charge in [-0.1, -0.05) is 47.0 Å². The predicted molar refractivity (Wildman–Crippen MR) is 87.3 cm³/mol. The summed E-state index contributed by atoms with van der Waals surface area (Å²) in [6.07, 6.45) is 11.2. The van der Waals surface area contributed by atoms with Gasteiger partial charge in [-0.2, -0.15) is 0 Å². The van der Waals surface area contributed by atoms with Crippen LogP contribution >= 0.6 is 0 Å². The van der Waals surface area contributed by atoms with E-state index in [1.54, 1.807) is 6.08 Å². The van der Waals surface area contributed by atoms with E-state index in [1.807, 2.05) is 0 Å². The molecule has 120 valence electrons. The minimum atomic E-state index is -0.240. The summed E-state index contributed by atoms with van der Waals surface area (Å²) in [5.74, 6) is 0.473. The van der Waals surface area contributed by atoms with Crippen molar-refractivity contribution >= 4 is 5.78 Å². The van der Waals surface area contributed by atoms with Crippen molar-refractivity contribution in [3.63, 3.8) is 0 Å². The highest BCUT2D eigenvalue weighted by Gasteiger charge is 2.39. The molecule has 2 fully saturated rings. The van der Waals surface area contributed by atoms with Crippen molar-refractivity contribution in [1.82, 2.24) is 0 Å². The first-order valence-electron chi connectivity index (χ1n) is 8.63. The van der Waals surface area contributed by atoms with Crippen LogP contribution in [0.2, 0.25) is 0 Å². The molecule has 0 aromatic carbocycles. The minimum absolute atomic E-state index is 0.144. The fourth-order valence-corrected chi connectivity index (χ4v) is 3.79. The van der Waals surface area contributed by atoms with Gasteiger partial charge >= 0.3 is 0 Å². The minimum Gasteiger partial charge on any atom is -0.512 e. The zero-order chi connectivity index (χ0) is 15.7. The molecule has 2 nitrogen and oxygen atoms in total. The molecule has 0 unspecified atom stereocenters. The summed E-state index contributed by atoms with van der Waals surface area (Å²) in [5.41, 5.74) is -0.0636. The number of rotatable bonds is 3. The molecule has 0 heterocycles. The van der Waals surface area contributed by atoms with Gasteiger partial charge in [-0.25, -0.2) is 0 Å². The molecule has 0 saturated heterocycles. The van der Waals surface area contributed by atoms with Gasteiger partial charge in [-0.05, 0) is 43.9 Å². The van der Waals surface area contributed by atoms with E-state index in [-0.39, 0.29) is 16.6 Å². The van der Waals surface area contributed by atoms with Gasteiger partial charge in [0.2, 0.25) is 0 Å². The Morgan fingerprint density at radius 3 is 1.86 bits per heavy atom. The second-order valence-electron chi connectivity index (χ2n) is 8.74. The van der Waals surface area contributed by atoms with Gasteiger partial charge in [-0.3, -0.25) is 4.79 Å². The molecule has 2 heteroatoms. The van der Waals surface area contributed by atoms with Crippen LogP contribution in [0.25, 0.3) is 0 Å². The molecule has 0 aromatic rings. The van der Waals surface area contributed by atoms with Crippen LogP contribution in [0.5, 0.6) is 0 Å². The molecule has 0 amide bonds. The van der Waals surface area contributed by atoms with E-state index in [1.165, 1.54) is 6.42 Å². The van der Waals surface area contributed by atoms with Crippen LogP contribution in [0.3, 0.4) is 0 Å². The fraction of sp³-hybridized carbons (Fsp3) is 0.842. The van der Waals surface area contributed by atoms with E-state index in [9.17, 15) is 9.90 Å². The summed E-state index contributed by atoms with van der Waals surface area (Å²) in [6.45, 7) is 8.78. The smallest absolute Gasteiger partial charge is 0.164 e. The highest BCUT2D eigenvalue weighted by molar-refractivity contribution is 5.95. The Hall–Kier alpha value is -0.790. The third kappa shape index (κ3) is 3.70. The van der Waals surface area contributed by atoms with Crippen LogP contribution in [-0.2, 0) is 4.79 Å². The number of carbonyl (C=O) groups excluding carboxylic acids is 1. The molecule has 1 N–H and O–H groups in total. The summed E-state index contributed by atoms with van der Waals surface area (Å²) in [5, 5.41) is 10.6. The lowest BCUT2D eigenvalue weighted by molar-refractivity contribution is -0.124. The largest absolute Gasteiger partial charge is 0.512 e. The summed E-state index contributed by atoms with van der Waals surface area (Å²) in [4.78, 5) is 12.6. The Labute approximate surface area is 130 Å². The predicted octanol–water partition coefficient (Wildman–Crippen LogP) is 5.57. The molecule has 2 aliphatic carbocycles. The first kappa shape index (κ1) is 16.6. The molecule has 2 rings (SSSR count). The van der Waals surface area contributed by atoms with E-state index >= 15 is 0 Å². The second kappa shape index (κ2) is 5.78. The highest BCUT2D eigenvalue weighted by Crippen LogP contribution is 2.48.